The van der Waals surface area contributed by atoms with Crippen LogP contribution in [0.15, 0.2) is 35.5 Å². The quantitative estimate of drug-likeness (QED) is 0.158. The molecule has 5 fully saturated rings. The number of aliphatic hydroxyl groups excluding tert-OH is 1. The third-order valence-electron chi connectivity index (χ3n) is 15.3. The first-order valence-corrected chi connectivity index (χ1v) is 23.2. The monoisotopic (exact) mass is 790 g/mol. The highest BCUT2D eigenvalue weighted by atomic mass is 16.3. The van der Waals surface area contributed by atoms with E-state index in [1.54, 1.807) is 0 Å². The van der Waals surface area contributed by atoms with E-state index in [0.717, 1.165) is 62.9 Å². The summed E-state index contributed by atoms with van der Waals surface area (Å²) in [5.74, 6) is 2.11. The minimum Gasteiger partial charge on any atom is -0.393 e. The van der Waals surface area contributed by atoms with Gasteiger partial charge in [-0.2, -0.15) is 0 Å². The number of hydrogen-bond acceptors (Lipinski definition) is 4. The van der Waals surface area contributed by atoms with Crippen molar-refractivity contribution >= 4 is 17.7 Å². The summed E-state index contributed by atoms with van der Waals surface area (Å²) in [7, 11) is 0. The van der Waals surface area contributed by atoms with Gasteiger partial charge < -0.3 is 21.1 Å². The summed E-state index contributed by atoms with van der Waals surface area (Å²) in [4.78, 5) is 42.0. The Kier molecular flexibility index (Phi) is 14.5. The van der Waals surface area contributed by atoms with Gasteiger partial charge in [0.1, 0.15) is 0 Å². The van der Waals surface area contributed by atoms with Gasteiger partial charge in [-0.1, -0.05) is 116 Å². The van der Waals surface area contributed by atoms with Crippen LogP contribution in [0.5, 0.6) is 0 Å². The van der Waals surface area contributed by atoms with Gasteiger partial charge in [0.2, 0.25) is 17.7 Å². The molecular formula is C50H83N3O4. The zero-order valence-corrected chi connectivity index (χ0v) is 38.0. The fraction of sp³-hybridized carbons (Fsp3) is 0.820. The lowest BCUT2D eigenvalue weighted by molar-refractivity contribution is -0.137. The van der Waals surface area contributed by atoms with E-state index >= 15 is 0 Å². The third kappa shape index (κ3) is 11.7. The predicted octanol–water partition coefficient (Wildman–Crippen LogP) is 10.7. The summed E-state index contributed by atoms with van der Waals surface area (Å²) in [6, 6.07) is 0.248. The Morgan fingerprint density at radius 1 is 0.789 bits per heavy atom. The number of aliphatic hydroxyl groups is 1. The summed E-state index contributed by atoms with van der Waals surface area (Å²) in [6.45, 7) is 24.9. The lowest BCUT2D eigenvalue weighted by atomic mass is 9.61. The van der Waals surface area contributed by atoms with E-state index < -0.39 is 21.9 Å². The molecule has 5 aliphatic rings. The van der Waals surface area contributed by atoms with Crippen LogP contribution in [-0.4, -0.2) is 46.1 Å². The van der Waals surface area contributed by atoms with Crippen molar-refractivity contribution in [3.05, 3.63) is 35.5 Å². The molecule has 0 aromatic carbocycles. The molecule has 0 aromatic heterocycles. The maximum Gasteiger partial charge on any atom is 0.226 e. The number of nitrogens with one attached hydrogen (secondary N) is 3. The van der Waals surface area contributed by atoms with E-state index in [2.05, 4.69) is 62.4 Å². The van der Waals surface area contributed by atoms with Crippen LogP contribution in [0.2, 0.25) is 0 Å². The van der Waals surface area contributed by atoms with Crippen LogP contribution in [0.25, 0.3) is 0 Å². The lowest BCUT2D eigenvalue weighted by Crippen LogP contribution is -2.57. The molecule has 8 unspecified atom stereocenters. The molecule has 0 radical (unpaired) electrons. The molecule has 0 aliphatic heterocycles. The Morgan fingerprint density at radius 3 is 2.12 bits per heavy atom. The predicted molar refractivity (Wildman–Crippen MR) is 234 cm³/mol. The maximum absolute atomic E-state index is 14.1. The second kappa shape index (κ2) is 18.1. The SMILES string of the molecule is C=C1CCC(O)CC1=CC=C1CCCC2(C)C1CCC2C(C)C(=O)NC(C)(C)CC(C)(C)NC(=O)C(C)(C)CC(C)(C)C(=O)NC1CCCCCCCCC2CC21. The first kappa shape index (κ1) is 45.7. The van der Waals surface area contributed by atoms with Crippen LogP contribution in [0.4, 0.5) is 0 Å². The fourth-order valence-electron chi connectivity index (χ4n) is 12.4. The summed E-state index contributed by atoms with van der Waals surface area (Å²) in [6.07, 6.45) is 24.5. The number of fused-ring (bicyclic) bond motifs is 2. The van der Waals surface area contributed by atoms with Crippen molar-refractivity contribution in [2.24, 2.45) is 45.8 Å². The second-order valence-electron chi connectivity index (χ2n) is 22.6. The van der Waals surface area contributed by atoms with E-state index in [0.29, 0.717) is 37.0 Å². The number of carbonyl (C=O) groups is 3. The number of carbonyl (C=O) groups excluding carboxylic acids is 3. The molecule has 0 heterocycles. The Labute approximate surface area is 347 Å². The number of hydrogen-bond donors (Lipinski definition) is 4. The van der Waals surface area contributed by atoms with Gasteiger partial charge in [-0.3, -0.25) is 14.4 Å². The first-order valence-electron chi connectivity index (χ1n) is 23.2. The van der Waals surface area contributed by atoms with E-state index in [9.17, 15) is 19.5 Å². The standard InChI is InChI=1S/C50H83N3O4/c1-33-22-25-38(54)29-36(33)24-23-35-20-18-28-50(11)40(26-27-41(35)50)34(2)43(55)52-48(7,8)32-49(9,10)53-45(57)47(5,6)31-46(3,4)44(56)51-42-21-17-15-13-12-14-16-19-37-30-39(37)42/h23-24,34,37-42,54H,1,12-22,25-32H2,2-11H3,(H,51,56)(H,52,55)(H,53,57). The molecule has 5 aliphatic carbocycles. The Balaban J connectivity index is 1.15. The highest BCUT2D eigenvalue weighted by Gasteiger charge is 2.52. The van der Waals surface area contributed by atoms with Crippen LogP contribution in [0.1, 0.15) is 191 Å². The molecule has 0 bridgehead atoms. The summed E-state index contributed by atoms with van der Waals surface area (Å²) < 4.78 is 0. The molecule has 57 heavy (non-hydrogen) atoms. The molecule has 7 nitrogen and oxygen atoms in total. The average Bonchev–Trinajstić information content (AvgIpc) is 3.78. The Hall–Kier alpha value is -2.41. The zero-order chi connectivity index (χ0) is 42.0. The topological polar surface area (TPSA) is 108 Å². The van der Waals surface area contributed by atoms with Crippen molar-refractivity contribution in [3.63, 3.8) is 0 Å². The average molecular weight is 790 g/mol. The second-order valence-corrected chi connectivity index (χ2v) is 22.6. The summed E-state index contributed by atoms with van der Waals surface area (Å²) >= 11 is 0. The van der Waals surface area contributed by atoms with E-state index in [1.807, 2.05) is 41.5 Å². The van der Waals surface area contributed by atoms with Gasteiger partial charge in [-0.15, -0.1) is 0 Å². The molecule has 7 heteroatoms. The normalized spacial score (nSPS) is 32.4. The molecular weight excluding hydrogens is 707 g/mol. The van der Waals surface area contributed by atoms with Crippen molar-refractivity contribution in [2.45, 2.75) is 214 Å². The van der Waals surface area contributed by atoms with Gasteiger partial charge in [-0.05, 0) is 139 Å². The molecule has 322 valence electrons. The van der Waals surface area contributed by atoms with Crippen LogP contribution in [0, 0.1) is 45.8 Å². The van der Waals surface area contributed by atoms with Crippen molar-refractivity contribution < 1.29 is 19.5 Å². The van der Waals surface area contributed by atoms with Crippen LogP contribution < -0.4 is 16.0 Å². The molecule has 5 saturated carbocycles. The zero-order valence-electron chi connectivity index (χ0n) is 38.0. The molecule has 3 amide bonds. The van der Waals surface area contributed by atoms with Crippen molar-refractivity contribution in [1.82, 2.24) is 16.0 Å². The first-order chi connectivity index (χ1) is 26.5. The highest BCUT2D eigenvalue weighted by Crippen LogP contribution is 2.59. The highest BCUT2D eigenvalue weighted by molar-refractivity contribution is 5.86. The van der Waals surface area contributed by atoms with E-state index in [1.165, 1.54) is 62.5 Å². The van der Waals surface area contributed by atoms with Gasteiger partial charge in [0.05, 0.1) is 6.10 Å². The molecule has 5 rings (SSSR count). The number of allylic oxidation sites excluding steroid dienone is 4. The van der Waals surface area contributed by atoms with Crippen LogP contribution in [0.3, 0.4) is 0 Å². The molecule has 4 N–H and O–H groups in total. The minimum absolute atomic E-state index is 0.0632. The van der Waals surface area contributed by atoms with Crippen molar-refractivity contribution in [1.29, 1.82) is 0 Å². The van der Waals surface area contributed by atoms with Gasteiger partial charge in [-0.25, -0.2) is 0 Å². The van der Waals surface area contributed by atoms with E-state index in [4.69, 9.17) is 0 Å². The van der Waals surface area contributed by atoms with Crippen LogP contribution in [-0.2, 0) is 14.4 Å². The van der Waals surface area contributed by atoms with Gasteiger partial charge in [0.15, 0.2) is 0 Å². The van der Waals surface area contributed by atoms with Gasteiger partial charge >= 0.3 is 0 Å². The van der Waals surface area contributed by atoms with E-state index in [-0.39, 0.29) is 41.2 Å². The molecule has 0 aromatic rings. The van der Waals surface area contributed by atoms with Crippen molar-refractivity contribution in [3.8, 4) is 0 Å². The van der Waals surface area contributed by atoms with Gasteiger partial charge in [0.25, 0.3) is 0 Å². The Bertz CT molecular complexity index is 1530. The summed E-state index contributed by atoms with van der Waals surface area (Å²) in [5.41, 5.74) is 1.32. The van der Waals surface area contributed by atoms with Crippen LogP contribution >= 0.6 is 0 Å². The molecule has 0 spiro atoms. The lowest BCUT2D eigenvalue weighted by Gasteiger charge is -2.45. The summed E-state index contributed by atoms with van der Waals surface area (Å²) in [5, 5.41) is 20.5. The Morgan fingerprint density at radius 2 is 1.42 bits per heavy atom. The molecule has 0 saturated heterocycles. The smallest absolute Gasteiger partial charge is 0.226 e. The minimum atomic E-state index is -0.764. The number of rotatable bonds is 12. The largest absolute Gasteiger partial charge is 0.393 e. The number of amides is 3. The molecule has 8 atom stereocenters. The maximum atomic E-state index is 14.1. The van der Waals surface area contributed by atoms with Crippen molar-refractivity contribution in [2.75, 3.05) is 0 Å². The van der Waals surface area contributed by atoms with Gasteiger partial charge in [0, 0.05) is 33.9 Å². The third-order valence-corrected chi connectivity index (χ3v) is 15.3. The fourth-order valence-corrected chi connectivity index (χ4v) is 12.4.